The van der Waals surface area contributed by atoms with Crippen LogP contribution in [0.1, 0.15) is 48.6 Å². The number of aromatic nitrogens is 2. The Bertz CT molecular complexity index is 905. The summed E-state index contributed by atoms with van der Waals surface area (Å²) in [7, 11) is 0. The van der Waals surface area contributed by atoms with Crippen molar-refractivity contribution in [2.75, 3.05) is 4.90 Å². The number of nitrogens with zero attached hydrogens (tertiary/aromatic N) is 2. The number of carbonyl (C=O) groups is 2. The van der Waals surface area contributed by atoms with Gasteiger partial charge in [-0.2, -0.15) is 5.10 Å². The minimum absolute atomic E-state index is 0.217. The third kappa shape index (κ3) is 4.31. The van der Waals surface area contributed by atoms with E-state index in [9.17, 15) is 9.59 Å². The number of rotatable bonds is 7. The zero-order chi connectivity index (χ0) is 20.1. The zero-order valence-corrected chi connectivity index (χ0v) is 17.0. The first kappa shape index (κ1) is 19.8. The largest absolute Gasteiger partial charge is 0.349 e. The van der Waals surface area contributed by atoms with Gasteiger partial charge in [0.2, 0.25) is 5.91 Å². The summed E-state index contributed by atoms with van der Waals surface area (Å²) in [5.74, 6) is -0.530. The number of thiophene rings is 1. The Morgan fingerprint density at radius 1 is 1.18 bits per heavy atom. The molecule has 0 aliphatic rings. The zero-order valence-electron chi connectivity index (χ0n) is 16.2. The van der Waals surface area contributed by atoms with Gasteiger partial charge in [0.25, 0.3) is 5.91 Å². The summed E-state index contributed by atoms with van der Waals surface area (Å²) in [6.07, 6.45) is 2.30. The normalized spacial score (nSPS) is 12.4. The van der Waals surface area contributed by atoms with E-state index in [4.69, 9.17) is 0 Å². The molecule has 0 unspecified atom stereocenters. The molecule has 0 fully saturated rings. The van der Waals surface area contributed by atoms with E-state index < -0.39 is 6.04 Å². The average Bonchev–Trinajstić information content (AvgIpc) is 3.39. The van der Waals surface area contributed by atoms with Crippen LogP contribution < -0.4 is 10.2 Å². The molecule has 0 saturated carbocycles. The fraction of sp³-hybridized carbons (Fsp3) is 0.286. The van der Waals surface area contributed by atoms with E-state index >= 15 is 0 Å². The lowest BCUT2D eigenvalue weighted by Gasteiger charge is -2.33. The van der Waals surface area contributed by atoms with E-state index in [2.05, 4.69) is 15.5 Å². The number of carbonyl (C=O) groups excluding carboxylic acids is 2. The number of aromatic amines is 1. The van der Waals surface area contributed by atoms with Gasteiger partial charge in [-0.1, -0.05) is 31.2 Å². The smallest absolute Gasteiger partial charge is 0.277 e. The molecule has 28 heavy (non-hydrogen) atoms. The fourth-order valence-electron chi connectivity index (χ4n) is 2.79. The summed E-state index contributed by atoms with van der Waals surface area (Å²) >= 11 is 1.45. The molecule has 0 aliphatic carbocycles. The maximum absolute atomic E-state index is 13.4. The Hall–Kier alpha value is -2.93. The molecular formula is C21H24N4O2S. The number of H-pyrrole nitrogens is 1. The molecule has 2 amide bonds. The molecule has 1 atom stereocenters. The first-order valence-electron chi connectivity index (χ1n) is 9.16. The summed E-state index contributed by atoms with van der Waals surface area (Å²) < 4.78 is 0. The molecule has 0 radical (unpaired) electrons. The van der Waals surface area contributed by atoms with E-state index in [1.165, 1.54) is 22.4 Å². The second-order valence-corrected chi connectivity index (χ2v) is 8.10. The van der Waals surface area contributed by atoms with Crippen LogP contribution in [0.4, 0.5) is 5.69 Å². The molecule has 6 nitrogen and oxygen atoms in total. The average molecular weight is 397 g/mol. The van der Waals surface area contributed by atoms with Crippen LogP contribution in [0.2, 0.25) is 0 Å². The van der Waals surface area contributed by atoms with Crippen molar-refractivity contribution in [2.45, 2.75) is 38.8 Å². The summed E-state index contributed by atoms with van der Waals surface area (Å²) in [6, 6.07) is 13.8. The molecule has 2 heterocycles. The van der Waals surface area contributed by atoms with Crippen molar-refractivity contribution in [2.24, 2.45) is 0 Å². The molecule has 2 aromatic heterocycles. The van der Waals surface area contributed by atoms with Gasteiger partial charge in [0.15, 0.2) is 6.04 Å². The van der Waals surface area contributed by atoms with Crippen molar-refractivity contribution in [1.82, 2.24) is 15.5 Å². The topological polar surface area (TPSA) is 78.1 Å². The van der Waals surface area contributed by atoms with Crippen molar-refractivity contribution < 1.29 is 9.59 Å². The van der Waals surface area contributed by atoms with Gasteiger partial charge < -0.3 is 5.32 Å². The summed E-state index contributed by atoms with van der Waals surface area (Å²) in [4.78, 5) is 29.1. The molecule has 1 aromatic carbocycles. The molecule has 2 N–H and O–H groups in total. The van der Waals surface area contributed by atoms with Crippen molar-refractivity contribution in [3.63, 3.8) is 0 Å². The number of hydrogen-bond acceptors (Lipinski definition) is 4. The van der Waals surface area contributed by atoms with E-state index in [1.807, 2.05) is 68.6 Å². The van der Waals surface area contributed by atoms with Crippen LogP contribution in [-0.2, 0) is 4.79 Å². The molecule has 0 saturated heterocycles. The Kier molecular flexibility index (Phi) is 5.94. The van der Waals surface area contributed by atoms with Crippen LogP contribution in [0.3, 0.4) is 0 Å². The van der Waals surface area contributed by atoms with Crippen molar-refractivity contribution in [1.29, 1.82) is 0 Å². The van der Waals surface area contributed by atoms with Gasteiger partial charge in [-0.05, 0) is 49.9 Å². The van der Waals surface area contributed by atoms with Crippen LogP contribution in [0, 0.1) is 0 Å². The summed E-state index contributed by atoms with van der Waals surface area (Å²) in [5, 5.41) is 11.6. The Morgan fingerprint density at radius 2 is 1.93 bits per heavy atom. The number of nitrogens with one attached hydrogen (secondary N) is 2. The number of para-hydroxylation sites is 1. The van der Waals surface area contributed by atoms with Gasteiger partial charge in [-0.15, -0.1) is 11.3 Å². The second-order valence-electron chi connectivity index (χ2n) is 7.13. The lowest BCUT2D eigenvalue weighted by Crippen LogP contribution is -2.50. The molecule has 7 heteroatoms. The maximum atomic E-state index is 13.4. The van der Waals surface area contributed by atoms with E-state index in [1.54, 1.807) is 6.07 Å². The van der Waals surface area contributed by atoms with Gasteiger partial charge in [-0.25, -0.2) is 0 Å². The predicted molar refractivity (Wildman–Crippen MR) is 111 cm³/mol. The third-order valence-electron chi connectivity index (χ3n) is 4.65. The van der Waals surface area contributed by atoms with Crippen molar-refractivity contribution in [3.05, 3.63) is 70.7 Å². The van der Waals surface area contributed by atoms with Gasteiger partial charge in [0.1, 0.15) is 5.69 Å². The first-order chi connectivity index (χ1) is 13.4. The number of benzene rings is 1. The minimum atomic E-state index is -0.788. The van der Waals surface area contributed by atoms with E-state index in [-0.39, 0.29) is 17.4 Å². The van der Waals surface area contributed by atoms with Crippen LogP contribution in [0.25, 0.3) is 0 Å². The maximum Gasteiger partial charge on any atom is 0.277 e. The molecule has 3 rings (SSSR count). The number of anilines is 1. The van der Waals surface area contributed by atoms with E-state index in [0.717, 1.165) is 11.3 Å². The highest BCUT2D eigenvalue weighted by molar-refractivity contribution is 7.10. The van der Waals surface area contributed by atoms with Gasteiger partial charge in [0.05, 0.1) is 0 Å². The quantitative estimate of drug-likeness (QED) is 0.629. The monoisotopic (exact) mass is 396 g/mol. The minimum Gasteiger partial charge on any atom is -0.349 e. The SMILES string of the molecule is CCC(C)(C)NC(=O)[C@@H](c1cccs1)N(C(=O)c1ccn[nH]1)c1ccccc1. The highest BCUT2D eigenvalue weighted by Crippen LogP contribution is 2.32. The predicted octanol–water partition coefficient (Wildman–Crippen LogP) is 4.16. The molecule has 146 valence electrons. The lowest BCUT2D eigenvalue weighted by molar-refractivity contribution is -0.124. The number of amides is 2. The van der Waals surface area contributed by atoms with E-state index in [0.29, 0.717) is 11.4 Å². The highest BCUT2D eigenvalue weighted by Gasteiger charge is 2.36. The van der Waals surface area contributed by atoms with Crippen molar-refractivity contribution in [3.8, 4) is 0 Å². The summed E-state index contributed by atoms with van der Waals surface area (Å²) in [5.41, 5.74) is 0.587. The molecule has 0 bridgehead atoms. The van der Waals surface area contributed by atoms with Crippen LogP contribution in [-0.4, -0.2) is 27.6 Å². The van der Waals surface area contributed by atoms with Crippen LogP contribution in [0.5, 0.6) is 0 Å². The van der Waals surface area contributed by atoms with Crippen molar-refractivity contribution >= 4 is 28.8 Å². The Labute approximate surface area is 168 Å². The standard InChI is InChI=1S/C21H24N4O2S/c1-4-21(2,3)23-19(26)18(17-11-8-14-28-17)25(15-9-6-5-7-10-15)20(27)16-12-13-22-24-16/h5-14,18H,4H2,1-3H3,(H,22,24)(H,23,26)/t18-/m1/s1. The lowest BCUT2D eigenvalue weighted by atomic mass is 10.0. The van der Waals surface area contributed by atoms with Crippen LogP contribution >= 0.6 is 11.3 Å². The summed E-state index contributed by atoms with van der Waals surface area (Å²) in [6.45, 7) is 5.96. The first-order valence-corrected chi connectivity index (χ1v) is 10.0. The molecule has 3 aromatic rings. The van der Waals surface area contributed by atoms with Gasteiger partial charge in [0, 0.05) is 22.3 Å². The number of hydrogen-bond donors (Lipinski definition) is 2. The Balaban J connectivity index is 2.09. The third-order valence-corrected chi connectivity index (χ3v) is 5.57. The molecular weight excluding hydrogens is 372 g/mol. The molecule has 0 spiro atoms. The molecule has 0 aliphatic heterocycles. The fourth-order valence-corrected chi connectivity index (χ4v) is 3.60. The second kappa shape index (κ2) is 8.39. The van der Waals surface area contributed by atoms with Crippen LogP contribution in [0.15, 0.2) is 60.1 Å². The van der Waals surface area contributed by atoms with Gasteiger partial charge >= 0.3 is 0 Å². The Morgan fingerprint density at radius 3 is 2.50 bits per heavy atom. The highest BCUT2D eigenvalue weighted by atomic mass is 32.1. The van der Waals surface area contributed by atoms with Gasteiger partial charge in [-0.3, -0.25) is 19.6 Å².